The van der Waals surface area contributed by atoms with Crippen LogP contribution in [0.2, 0.25) is 0 Å². The molecule has 0 aromatic heterocycles. The van der Waals surface area contributed by atoms with Crippen molar-refractivity contribution in [1.29, 1.82) is 0 Å². The van der Waals surface area contributed by atoms with Crippen molar-refractivity contribution < 1.29 is 27.2 Å². The average molecular weight is 243 g/mol. The first kappa shape index (κ1) is 11.1. The normalized spacial score (nSPS) is 13.9. The molecule has 1 heterocycles. The Balaban J connectivity index is 2.90. The number of carbonyl (C=O) groups is 2. The second-order valence-corrected chi connectivity index (χ2v) is 3.08. The van der Waals surface area contributed by atoms with Gasteiger partial charge in [0, 0.05) is 6.04 Å². The molecule has 86 valence electrons. The minimum Gasteiger partial charge on any atom is -0.267 e. The van der Waals surface area contributed by atoms with Crippen molar-refractivity contribution in [2.75, 3.05) is 0 Å². The van der Waals surface area contributed by atoms with Crippen LogP contribution in [0, 0.1) is 35.7 Å². The van der Waals surface area contributed by atoms with Gasteiger partial charge in [-0.05, 0) is 0 Å². The highest BCUT2D eigenvalue weighted by Gasteiger charge is 2.43. The van der Waals surface area contributed by atoms with Crippen molar-refractivity contribution >= 4 is 11.8 Å². The highest BCUT2D eigenvalue weighted by atomic mass is 19.2. The van der Waals surface area contributed by atoms with Crippen molar-refractivity contribution in [2.24, 2.45) is 0 Å². The lowest BCUT2D eigenvalue weighted by Crippen LogP contribution is -2.24. The molecule has 0 bridgehead atoms. The quantitative estimate of drug-likeness (QED) is 0.227. The van der Waals surface area contributed by atoms with Gasteiger partial charge in [-0.15, -0.1) is 0 Å². The zero-order chi connectivity index (χ0) is 12.9. The van der Waals surface area contributed by atoms with Crippen LogP contribution in [0.25, 0.3) is 0 Å². The zero-order valence-corrected chi connectivity index (χ0v) is 7.85. The Morgan fingerprint density at radius 1 is 0.824 bits per heavy atom. The van der Waals surface area contributed by atoms with Gasteiger partial charge in [0.25, 0.3) is 11.8 Å². The zero-order valence-electron chi connectivity index (χ0n) is 7.85. The number of benzene rings is 1. The molecule has 2 rings (SSSR count). The van der Waals surface area contributed by atoms with Crippen molar-refractivity contribution in [3.05, 3.63) is 34.4 Å². The third kappa shape index (κ3) is 1.18. The number of hydrogen-bond donors (Lipinski definition) is 0. The SMILES string of the molecule is C#CN1C(=O)c2c(F)c(F)c(F)c(F)c2C1=O. The first-order valence-corrected chi connectivity index (χ1v) is 4.12. The van der Waals surface area contributed by atoms with Crippen molar-refractivity contribution in [3.8, 4) is 12.5 Å². The van der Waals surface area contributed by atoms with Gasteiger partial charge in [0.15, 0.2) is 23.3 Å². The first-order valence-electron chi connectivity index (χ1n) is 4.12. The van der Waals surface area contributed by atoms with E-state index < -0.39 is 46.2 Å². The van der Waals surface area contributed by atoms with Gasteiger partial charge in [-0.3, -0.25) is 9.59 Å². The molecule has 1 aromatic carbocycles. The fourth-order valence-corrected chi connectivity index (χ4v) is 1.47. The third-order valence-electron chi connectivity index (χ3n) is 2.23. The van der Waals surface area contributed by atoms with E-state index in [4.69, 9.17) is 6.42 Å². The maximum atomic E-state index is 13.2. The van der Waals surface area contributed by atoms with Crippen LogP contribution in [-0.4, -0.2) is 16.7 Å². The lowest BCUT2D eigenvalue weighted by molar-refractivity contribution is 0.0732. The van der Waals surface area contributed by atoms with Crippen LogP contribution >= 0.6 is 0 Å². The Morgan fingerprint density at radius 2 is 1.18 bits per heavy atom. The molecule has 17 heavy (non-hydrogen) atoms. The minimum absolute atomic E-state index is 0.0374. The van der Waals surface area contributed by atoms with Crippen LogP contribution in [0.15, 0.2) is 0 Å². The lowest BCUT2D eigenvalue weighted by atomic mass is 10.1. The second-order valence-electron chi connectivity index (χ2n) is 3.08. The highest BCUT2D eigenvalue weighted by Crippen LogP contribution is 2.30. The summed E-state index contributed by atoms with van der Waals surface area (Å²) in [4.78, 5) is 22.7. The Kier molecular flexibility index (Phi) is 2.17. The first-order chi connectivity index (χ1) is 7.91. The van der Waals surface area contributed by atoms with Gasteiger partial charge in [-0.25, -0.2) is 17.6 Å². The van der Waals surface area contributed by atoms with Crippen LogP contribution in [0.4, 0.5) is 17.6 Å². The lowest BCUT2D eigenvalue weighted by Gasteiger charge is -2.01. The van der Waals surface area contributed by atoms with E-state index in [2.05, 4.69) is 0 Å². The fourth-order valence-electron chi connectivity index (χ4n) is 1.47. The molecular weight excluding hydrogens is 242 g/mol. The Bertz CT molecular complexity index is 571. The molecule has 0 saturated carbocycles. The monoisotopic (exact) mass is 243 g/mol. The van der Waals surface area contributed by atoms with E-state index in [0.717, 1.165) is 0 Å². The van der Waals surface area contributed by atoms with Gasteiger partial charge in [0.2, 0.25) is 0 Å². The van der Waals surface area contributed by atoms with Crippen LogP contribution in [0.3, 0.4) is 0 Å². The van der Waals surface area contributed by atoms with E-state index in [-0.39, 0.29) is 4.90 Å². The molecular formula is C10HF4NO2. The van der Waals surface area contributed by atoms with Crippen LogP contribution < -0.4 is 0 Å². The van der Waals surface area contributed by atoms with Crippen LogP contribution in [0.5, 0.6) is 0 Å². The summed E-state index contributed by atoms with van der Waals surface area (Å²) in [5.41, 5.74) is -2.38. The number of imide groups is 1. The number of nitrogens with zero attached hydrogens (tertiary/aromatic N) is 1. The topological polar surface area (TPSA) is 37.4 Å². The largest absolute Gasteiger partial charge is 0.276 e. The van der Waals surface area contributed by atoms with Crippen LogP contribution in [-0.2, 0) is 0 Å². The number of hydrogen-bond acceptors (Lipinski definition) is 2. The molecule has 0 aliphatic carbocycles. The van der Waals surface area contributed by atoms with E-state index in [1.54, 1.807) is 6.04 Å². The van der Waals surface area contributed by atoms with Gasteiger partial charge < -0.3 is 0 Å². The number of terminal acetylenes is 1. The summed E-state index contributed by atoms with van der Waals surface area (Å²) < 4.78 is 52.2. The van der Waals surface area contributed by atoms with Crippen molar-refractivity contribution in [3.63, 3.8) is 0 Å². The van der Waals surface area contributed by atoms with E-state index in [0.29, 0.717) is 0 Å². The summed E-state index contributed by atoms with van der Waals surface area (Å²) in [5.74, 6) is -11.0. The standard InChI is InChI=1S/C10HF4NO2/c1-2-15-9(16)3-4(10(15)17)6(12)8(14)7(13)5(3)11/h1H. The molecule has 0 saturated heterocycles. The number of rotatable bonds is 0. The molecule has 0 unspecified atom stereocenters. The fraction of sp³-hybridized carbons (Fsp3) is 0. The van der Waals surface area contributed by atoms with Gasteiger partial charge in [-0.2, -0.15) is 4.90 Å². The summed E-state index contributed by atoms with van der Waals surface area (Å²) in [6.45, 7) is 0. The molecule has 0 N–H and O–H groups in total. The van der Waals surface area contributed by atoms with Crippen molar-refractivity contribution in [2.45, 2.75) is 0 Å². The number of carbonyl (C=O) groups excluding carboxylic acids is 2. The number of amides is 2. The van der Waals surface area contributed by atoms with Crippen molar-refractivity contribution in [1.82, 2.24) is 4.90 Å². The third-order valence-corrected chi connectivity index (χ3v) is 2.23. The summed E-state index contributed by atoms with van der Waals surface area (Å²) in [6, 6.07) is 1.56. The predicted molar refractivity (Wildman–Crippen MR) is 45.6 cm³/mol. The molecule has 0 spiro atoms. The van der Waals surface area contributed by atoms with E-state index in [1.165, 1.54) is 0 Å². The average Bonchev–Trinajstić information content (AvgIpc) is 2.55. The van der Waals surface area contributed by atoms with E-state index >= 15 is 0 Å². The molecule has 2 amide bonds. The molecule has 1 aliphatic heterocycles. The summed E-state index contributed by atoms with van der Waals surface area (Å²) in [7, 11) is 0. The van der Waals surface area contributed by atoms with E-state index in [1.807, 2.05) is 0 Å². The van der Waals surface area contributed by atoms with Gasteiger partial charge in [-0.1, -0.05) is 6.42 Å². The molecule has 0 radical (unpaired) electrons. The molecule has 1 aliphatic rings. The predicted octanol–water partition coefficient (Wildman–Crippen LogP) is 1.43. The van der Waals surface area contributed by atoms with E-state index in [9.17, 15) is 27.2 Å². The highest BCUT2D eigenvalue weighted by molar-refractivity contribution is 6.22. The Morgan fingerprint density at radius 3 is 1.47 bits per heavy atom. The molecule has 3 nitrogen and oxygen atoms in total. The maximum Gasteiger partial charge on any atom is 0.276 e. The van der Waals surface area contributed by atoms with Gasteiger partial charge in [0.1, 0.15) is 0 Å². The van der Waals surface area contributed by atoms with Gasteiger partial charge >= 0.3 is 0 Å². The maximum absolute atomic E-state index is 13.2. The van der Waals surface area contributed by atoms with Gasteiger partial charge in [0.05, 0.1) is 11.1 Å². The smallest absolute Gasteiger partial charge is 0.267 e. The Labute approximate surface area is 91.6 Å². The minimum atomic E-state index is -2.17. The molecule has 0 atom stereocenters. The second kappa shape index (κ2) is 3.31. The number of halogens is 4. The molecule has 7 heteroatoms. The molecule has 1 aromatic rings. The van der Waals surface area contributed by atoms with Crippen LogP contribution in [0.1, 0.15) is 20.7 Å². The summed E-state index contributed by atoms with van der Waals surface area (Å²) in [5, 5.41) is 0. The summed E-state index contributed by atoms with van der Waals surface area (Å²) in [6.07, 6.45) is 4.77. The molecule has 0 fully saturated rings. The Hall–Kier alpha value is -2.36. The number of fused-ring (bicyclic) bond motifs is 1. The summed E-state index contributed by atoms with van der Waals surface area (Å²) >= 11 is 0.